The maximum absolute atomic E-state index is 12.6. The molecule has 0 radical (unpaired) electrons. The van der Waals surface area contributed by atoms with E-state index in [2.05, 4.69) is 66.6 Å². The van der Waals surface area contributed by atoms with Crippen LogP contribution in [0.4, 0.5) is 23.0 Å². The van der Waals surface area contributed by atoms with Gasteiger partial charge >= 0.3 is 0 Å². The monoisotopic (exact) mass is 588 g/mol. The van der Waals surface area contributed by atoms with E-state index in [1.54, 1.807) is 0 Å². The van der Waals surface area contributed by atoms with Crippen molar-refractivity contribution in [3.8, 4) is 11.4 Å². The molecule has 0 bridgehead atoms. The minimum Gasteiger partial charge on any atom is -0.381 e. The lowest BCUT2D eigenvalue weighted by molar-refractivity contribution is 0.0904. The highest BCUT2D eigenvalue weighted by Crippen LogP contribution is 2.32. The number of H-pyrrole nitrogens is 1. The van der Waals surface area contributed by atoms with Gasteiger partial charge in [0.05, 0.1) is 0 Å². The third-order valence-corrected chi connectivity index (χ3v) is 8.96. The highest BCUT2D eigenvalue weighted by atomic mass is 16.5. The number of piperazine rings is 1. The lowest BCUT2D eigenvalue weighted by atomic mass is 10.0. The van der Waals surface area contributed by atoms with Gasteiger partial charge in [0, 0.05) is 81.6 Å². The summed E-state index contributed by atoms with van der Waals surface area (Å²) in [6.45, 7) is 12.2. The Balaban J connectivity index is 1.21. The summed E-state index contributed by atoms with van der Waals surface area (Å²) in [5, 5.41) is 14.2. The van der Waals surface area contributed by atoms with Crippen LogP contribution in [0, 0.1) is 13.8 Å². The number of nitrogens with one attached hydrogen (secondary N) is 3. The molecule has 1 amide bonds. The van der Waals surface area contributed by atoms with Crippen molar-refractivity contribution in [3.05, 3.63) is 41.2 Å². The average molecular weight is 589 g/mol. The van der Waals surface area contributed by atoms with Crippen molar-refractivity contribution in [3.63, 3.8) is 0 Å². The Bertz CT molecular complexity index is 1420. The van der Waals surface area contributed by atoms with Crippen LogP contribution in [0.3, 0.4) is 0 Å². The molecule has 3 fully saturated rings. The second kappa shape index (κ2) is 12.9. The van der Waals surface area contributed by atoms with E-state index in [9.17, 15) is 4.79 Å². The Morgan fingerprint density at radius 3 is 2.37 bits per heavy atom. The Morgan fingerprint density at radius 2 is 1.72 bits per heavy atom. The molecule has 3 aliphatic heterocycles. The molecule has 0 saturated carbocycles. The summed E-state index contributed by atoms with van der Waals surface area (Å²) in [4.78, 5) is 29.7. The van der Waals surface area contributed by atoms with Gasteiger partial charge in [0.2, 0.25) is 0 Å². The zero-order valence-corrected chi connectivity index (χ0v) is 25.5. The molecule has 0 aliphatic carbocycles. The first-order valence-electron chi connectivity index (χ1n) is 15.5. The highest BCUT2D eigenvalue weighted by molar-refractivity contribution is 5.97. The number of amides is 1. The Kier molecular flexibility index (Phi) is 8.78. The van der Waals surface area contributed by atoms with E-state index in [1.165, 1.54) is 37.2 Å². The van der Waals surface area contributed by atoms with E-state index in [0.29, 0.717) is 42.3 Å². The second-order valence-electron chi connectivity index (χ2n) is 12.1. The molecule has 0 unspecified atom stereocenters. The average Bonchev–Trinajstić information content (AvgIpc) is 3.44. The molecule has 0 atom stereocenters. The summed E-state index contributed by atoms with van der Waals surface area (Å²) in [6.07, 6.45) is 4.08. The van der Waals surface area contributed by atoms with Crippen LogP contribution in [0.2, 0.25) is 0 Å². The van der Waals surface area contributed by atoms with Crippen LogP contribution in [-0.2, 0) is 4.74 Å². The molecule has 12 heteroatoms. The van der Waals surface area contributed by atoms with Crippen LogP contribution in [-0.4, -0.2) is 107 Å². The van der Waals surface area contributed by atoms with Gasteiger partial charge in [-0.2, -0.15) is 5.10 Å². The van der Waals surface area contributed by atoms with Crippen molar-refractivity contribution >= 4 is 28.9 Å². The van der Waals surface area contributed by atoms with Crippen LogP contribution >= 0.6 is 0 Å². The van der Waals surface area contributed by atoms with Crippen LogP contribution in [0.25, 0.3) is 11.4 Å². The van der Waals surface area contributed by atoms with Gasteiger partial charge in [-0.15, -0.1) is 0 Å². The quantitative estimate of drug-likeness (QED) is 0.310. The van der Waals surface area contributed by atoms with Gasteiger partial charge in [-0.3, -0.25) is 14.8 Å². The first-order chi connectivity index (χ1) is 20.8. The number of carbonyl (C=O) groups excluding carboxylic acids is 1. The van der Waals surface area contributed by atoms with Crippen molar-refractivity contribution < 1.29 is 9.53 Å². The number of hydrogen-bond acceptors (Lipinski definition) is 10. The molecular weight excluding hydrogens is 544 g/mol. The largest absolute Gasteiger partial charge is 0.381 e. The molecule has 1 aromatic carbocycles. The number of nitrogens with zero attached hydrogens (tertiary/aromatic N) is 6. The number of primary amides is 1. The summed E-state index contributed by atoms with van der Waals surface area (Å²) in [5.74, 6) is 0.221. The van der Waals surface area contributed by atoms with E-state index in [-0.39, 0.29) is 11.7 Å². The number of carbonyl (C=O) groups is 1. The minimum atomic E-state index is -0.655. The van der Waals surface area contributed by atoms with Crippen LogP contribution < -0.4 is 21.3 Å². The predicted octanol–water partition coefficient (Wildman–Crippen LogP) is 3.13. The van der Waals surface area contributed by atoms with Crippen molar-refractivity contribution in [1.82, 2.24) is 30.0 Å². The first-order valence-corrected chi connectivity index (χ1v) is 15.5. The number of aryl methyl sites for hydroxylation is 2. The van der Waals surface area contributed by atoms with E-state index < -0.39 is 5.91 Å². The number of ether oxygens (including phenoxy) is 1. The van der Waals surface area contributed by atoms with Gasteiger partial charge in [-0.1, -0.05) is 0 Å². The van der Waals surface area contributed by atoms with Gasteiger partial charge in [0.15, 0.2) is 17.3 Å². The Hall–Kier alpha value is -3.74. The number of likely N-dealkylation sites (N-methyl/N-ethyl adjacent to an activating group) is 1. The maximum Gasteiger partial charge on any atom is 0.271 e. The zero-order chi connectivity index (χ0) is 29.9. The van der Waals surface area contributed by atoms with Crippen LogP contribution in [0.1, 0.15) is 47.4 Å². The number of rotatable bonds is 8. The molecule has 6 rings (SSSR count). The lowest BCUT2D eigenvalue weighted by Gasteiger charge is -2.43. The van der Waals surface area contributed by atoms with E-state index >= 15 is 0 Å². The normalized spacial score (nSPS) is 19.5. The topological polar surface area (TPSA) is 141 Å². The van der Waals surface area contributed by atoms with Crippen molar-refractivity contribution in [2.45, 2.75) is 51.6 Å². The van der Waals surface area contributed by atoms with E-state index in [1.807, 2.05) is 19.1 Å². The van der Waals surface area contributed by atoms with Gasteiger partial charge in [0.25, 0.3) is 5.91 Å². The number of anilines is 4. The number of aromatic nitrogens is 4. The molecule has 3 aliphatic rings. The first kappa shape index (κ1) is 29.3. The Morgan fingerprint density at radius 1 is 0.977 bits per heavy atom. The fraction of sp³-hybridized carbons (Fsp3) is 0.548. The fourth-order valence-electron chi connectivity index (χ4n) is 6.43. The van der Waals surface area contributed by atoms with E-state index in [4.69, 9.17) is 15.5 Å². The third kappa shape index (κ3) is 6.76. The van der Waals surface area contributed by atoms with E-state index in [0.717, 1.165) is 50.4 Å². The second-order valence-corrected chi connectivity index (χ2v) is 12.1. The summed E-state index contributed by atoms with van der Waals surface area (Å²) in [6, 6.07) is 9.04. The Labute approximate surface area is 253 Å². The number of piperidine rings is 1. The molecule has 3 saturated heterocycles. The SMILES string of the molecule is Cc1cc(-c2nc(C(N)=O)c(Nc3ccc(N4CCC(N5CCN(C)CC5)CC4)c(C)c3)nc2NC2CCOCC2)n[nH]1. The predicted molar refractivity (Wildman–Crippen MR) is 169 cm³/mol. The number of aromatic amines is 1. The van der Waals surface area contributed by atoms with Gasteiger partial charge < -0.3 is 30.9 Å². The fourth-order valence-corrected chi connectivity index (χ4v) is 6.43. The molecule has 2 aromatic heterocycles. The molecule has 3 aromatic rings. The van der Waals surface area contributed by atoms with Crippen molar-refractivity contribution in [2.75, 3.05) is 75.1 Å². The number of benzene rings is 1. The smallest absolute Gasteiger partial charge is 0.271 e. The highest BCUT2D eigenvalue weighted by Gasteiger charge is 2.28. The molecule has 230 valence electrons. The summed E-state index contributed by atoms with van der Waals surface area (Å²) < 4.78 is 5.54. The summed E-state index contributed by atoms with van der Waals surface area (Å²) in [5.41, 5.74) is 11.1. The summed E-state index contributed by atoms with van der Waals surface area (Å²) in [7, 11) is 2.21. The van der Waals surface area contributed by atoms with Crippen LogP contribution in [0.5, 0.6) is 0 Å². The molecule has 5 heterocycles. The van der Waals surface area contributed by atoms with Gasteiger partial charge in [0.1, 0.15) is 11.4 Å². The molecule has 5 N–H and O–H groups in total. The van der Waals surface area contributed by atoms with Crippen LogP contribution in [0.15, 0.2) is 24.3 Å². The summed E-state index contributed by atoms with van der Waals surface area (Å²) >= 11 is 0. The standard InChI is InChI=1S/C31H44N10O2/c1-20-18-23(4-5-26(20)41-10-6-24(7-11-41)40-14-12-39(3)13-15-40)34-31-28(29(32)42)35-27(25-19-21(2)37-38-25)30(36-31)33-22-8-16-43-17-9-22/h4-5,18-19,22,24H,6-17H2,1-3H3,(H2,32,42)(H,37,38)(H2,33,34,36). The lowest BCUT2D eigenvalue weighted by Crippen LogP contribution is -2.52. The molecular formula is C31H44N10O2. The number of nitrogens with two attached hydrogens (primary N) is 1. The third-order valence-electron chi connectivity index (χ3n) is 8.96. The van der Waals surface area contributed by atoms with Gasteiger partial charge in [-0.05, 0) is 76.4 Å². The molecule has 12 nitrogen and oxygen atoms in total. The maximum atomic E-state index is 12.6. The minimum absolute atomic E-state index is 0.0703. The zero-order valence-electron chi connectivity index (χ0n) is 25.5. The van der Waals surface area contributed by atoms with Crippen molar-refractivity contribution in [1.29, 1.82) is 0 Å². The van der Waals surface area contributed by atoms with Crippen molar-refractivity contribution in [2.24, 2.45) is 5.73 Å². The van der Waals surface area contributed by atoms with Gasteiger partial charge in [-0.25, -0.2) is 9.97 Å². The number of hydrogen-bond donors (Lipinski definition) is 4. The molecule has 0 spiro atoms. The molecule has 43 heavy (non-hydrogen) atoms.